The molecule has 0 aliphatic rings. The van der Waals surface area contributed by atoms with Gasteiger partial charge >= 0.3 is 0 Å². The van der Waals surface area contributed by atoms with Crippen molar-refractivity contribution in [2.75, 3.05) is 5.32 Å². The number of H-pyrrole nitrogens is 1. The van der Waals surface area contributed by atoms with Crippen LogP contribution in [0.1, 0.15) is 5.56 Å². The van der Waals surface area contributed by atoms with E-state index in [0.29, 0.717) is 16.4 Å². The third-order valence-electron chi connectivity index (χ3n) is 3.07. The molecule has 8 heteroatoms. The smallest absolute Gasteiger partial charge is 0.245 e. The summed E-state index contributed by atoms with van der Waals surface area (Å²) in [7, 11) is 0. The number of carbonyl (C=O) groups excluding carboxylic acids is 1. The molecule has 0 unspecified atom stereocenters. The highest BCUT2D eigenvalue weighted by Crippen LogP contribution is 2.22. The number of aryl methyl sites for hydroxylation is 1. The molecular formula is C14H13N5OS2. The minimum Gasteiger partial charge on any atom is -0.309 e. The van der Waals surface area contributed by atoms with Crippen LogP contribution in [0, 0.1) is 11.7 Å². The van der Waals surface area contributed by atoms with Crippen molar-refractivity contribution in [1.82, 2.24) is 19.7 Å². The molecule has 0 aliphatic heterocycles. The molecule has 0 fully saturated rings. The second kappa shape index (κ2) is 6.20. The summed E-state index contributed by atoms with van der Waals surface area (Å²) in [5.74, 6) is 1.02. The maximum atomic E-state index is 12.2. The molecule has 3 aromatic rings. The van der Waals surface area contributed by atoms with E-state index in [9.17, 15) is 4.79 Å². The van der Waals surface area contributed by atoms with Crippen LogP contribution in [0.15, 0.2) is 35.8 Å². The van der Waals surface area contributed by atoms with Crippen LogP contribution in [-0.4, -0.2) is 25.7 Å². The highest BCUT2D eigenvalue weighted by atomic mass is 32.1. The van der Waals surface area contributed by atoms with Crippen molar-refractivity contribution < 1.29 is 4.79 Å². The lowest BCUT2D eigenvalue weighted by Crippen LogP contribution is -2.20. The SMILES string of the molecule is Cc1cccnc1NC(=O)Cn1c(-c2cccs2)n[nH]c1=S. The lowest BCUT2D eigenvalue weighted by atomic mass is 10.3. The van der Waals surface area contributed by atoms with Crippen molar-refractivity contribution in [2.45, 2.75) is 13.5 Å². The molecule has 3 heterocycles. The van der Waals surface area contributed by atoms with Crippen molar-refractivity contribution in [3.8, 4) is 10.7 Å². The molecule has 22 heavy (non-hydrogen) atoms. The quantitative estimate of drug-likeness (QED) is 0.721. The number of pyridine rings is 1. The van der Waals surface area contributed by atoms with Crippen LogP contribution < -0.4 is 5.32 Å². The molecule has 0 saturated carbocycles. The molecule has 0 radical (unpaired) electrons. The normalized spacial score (nSPS) is 10.6. The van der Waals surface area contributed by atoms with E-state index < -0.39 is 0 Å². The fourth-order valence-electron chi connectivity index (χ4n) is 1.99. The Morgan fingerprint density at radius 1 is 1.45 bits per heavy atom. The molecule has 112 valence electrons. The zero-order valence-corrected chi connectivity index (χ0v) is 13.4. The molecular weight excluding hydrogens is 318 g/mol. The fourth-order valence-corrected chi connectivity index (χ4v) is 2.91. The van der Waals surface area contributed by atoms with Crippen molar-refractivity contribution >= 4 is 35.3 Å². The van der Waals surface area contributed by atoms with Gasteiger partial charge in [-0.05, 0) is 42.2 Å². The van der Waals surface area contributed by atoms with Gasteiger partial charge in [0.05, 0.1) is 4.88 Å². The number of nitrogens with one attached hydrogen (secondary N) is 2. The van der Waals surface area contributed by atoms with Gasteiger partial charge in [-0.25, -0.2) is 4.98 Å². The fraction of sp³-hybridized carbons (Fsp3) is 0.143. The molecule has 0 saturated heterocycles. The number of anilines is 1. The molecule has 0 aliphatic carbocycles. The minimum atomic E-state index is -0.197. The molecule has 1 amide bonds. The van der Waals surface area contributed by atoms with Crippen LogP contribution in [-0.2, 0) is 11.3 Å². The van der Waals surface area contributed by atoms with E-state index in [4.69, 9.17) is 12.2 Å². The van der Waals surface area contributed by atoms with Gasteiger partial charge in [0.15, 0.2) is 10.6 Å². The number of nitrogens with zero attached hydrogens (tertiary/aromatic N) is 3. The van der Waals surface area contributed by atoms with E-state index in [2.05, 4.69) is 20.5 Å². The Labute approximate surface area is 135 Å². The van der Waals surface area contributed by atoms with Crippen LogP contribution >= 0.6 is 23.6 Å². The summed E-state index contributed by atoms with van der Waals surface area (Å²) < 4.78 is 2.09. The Balaban J connectivity index is 1.82. The van der Waals surface area contributed by atoms with Gasteiger partial charge in [0.1, 0.15) is 12.4 Å². The molecule has 0 bridgehead atoms. The Hall–Kier alpha value is -2.32. The van der Waals surface area contributed by atoms with Crippen LogP contribution in [0.5, 0.6) is 0 Å². The van der Waals surface area contributed by atoms with Gasteiger partial charge in [0.25, 0.3) is 0 Å². The average molecular weight is 331 g/mol. The topological polar surface area (TPSA) is 75.6 Å². The number of aromatic nitrogens is 4. The number of amides is 1. The average Bonchev–Trinajstić information content (AvgIpc) is 3.12. The Morgan fingerprint density at radius 2 is 2.32 bits per heavy atom. The third-order valence-corrected chi connectivity index (χ3v) is 4.25. The Morgan fingerprint density at radius 3 is 3.05 bits per heavy atom. The molecule has 3 rings (SSSR count). The zero-order chi connectivity index (χ0) is 15.5. The largest absolute Gasteiger partial charge is 0.309 e. The highest BCUT2D eigenvalue weighted by molar-refractivity contribution is 7.71. The number of hydrogen-bond donors (Lipinski definition) is 2. The molecule has 3 aromatic heterocycles. The van der Waals surface area contributed by atoms with E-state index in [1.807, 2.05) is 36.6 Å². The van der Waals surface area contributed by atoms with E-state index >= 15 is 0 Å². The van der Waals surface area contributed by atoms with Gasteiger partial charge in [0, 0.05) is 6.20 Å². The predicted molar refractivity (Wildman–Crippen MR) is 88.3 cm³/mol. The maximum absolute atomic E-state index is 12.2. The summed E-state index contributed by atoms with van der Waals surface area (Å²) in [6, 6.07) is 7.58. The van der Waals surface area contributed by atoms with Crippen LogP contribution in [0.4, 0.5) is 5.82 Å². The lowest BCUT2D eigenvalue weighted by Gasteiger charge is -2.08. The third kappa shape index (κ3) is 2.97. The number of carbonyl (C=O) groups is 1. The summed E-state index contributed by atoms with van der Waals surface area (Å²) in [5.41, 5.74) is 0.908. The second-order valence-electron chi connectivity index (χ2n) is 4.63. The molecule has 0 spiro atoms. The molecule has 2 N–H and O–H groups in total. The summed E-state index contributed by atoms with van der Waals surface area (Å²) >= 11 is 6.75. The summed E-state index contributed by atoms with van der Waals surface area (Å²) in [5, 5.41) is 11.7. The maximum Gasteiger partial charge on any atom is 0.245 e. The first-order valence-electron chi connectivity index (χ1n) is 6.55. The lowest BCUT2D eigenvalue weighted by molar-refractivity contribution is -0.116. The van der Waals surface area contributed by atoms with Crippen molar-refractivity contribution in [2.24, 2.45) is 0 Å². The Kier molecular flexibility index (Phi) is 4.12. The van der Waals surface area contributed by atoms with E-state index in [-0.39, 0.29) is 12.5 Å². The first-order valence-corrected chi connectivity index (χ1v) is 7.84. The predicted octanol–water partition coefficient (Wildman–Crippen LogP) is 3.01. The van der Waals surface area contributed by atoms with Gasteiger partial charge in [-0.1, -0.05) is 12.1 Å². The van der Waals surface area contributed by atoms with Gasteiger partial charge in [-0.3, -0.25) is 14.5 Å². The van der Waals surface area contributed by atoms with Crippen molar-refractivity contribution in [3.63, 3.8) is 0 Å². The number of aromatic amines is 1. The van der Waals surface area contributed by atoms with Crippen molar-refractivity contribution in [3.05, 3.63) is 46.2 Å². The van der Waals surface area contributed by atoms with Gasteiger partial charge in [0.2, 0.25) is 5.91 Å². The first kappa shape index (κ1) is 14.6. The number of hydrogen-bond acceptors (Lipinski definition) is 5. The van der Waals surface area contributed by atoms with Crippen LogP contribution in [0.25, 0.3) is 10.7 Å². The zero-order valence-electron chi connectivity index (χ0n) is 11.7. The first-order chi connectivity index (χ1) is 10.6. The van der Waals surface area contributed by atoms with E-state index in [1.165, 1.54) is 0 Å². The summed E-state index contributed by atoms with van der Waals surface area (Å²) in [6.07, 6.45) is 1.64. The second-order valence-corrected chi connectivity index (χ2v) is 5.97. The van der Waals surface area contributed by atoms with Gasteiger partial charge < -0.3 is 5.32 Å². The molecule has 0 aromatic carbocycles. The van der Waals surface area contributed by atoms with Crippen LogP contribution in [0.2, 0.25) is 0 Å². The Bertz CT molecular complexity index is 850. The van der Waals surface area contributed by atoms with Gasteiger partial charge in [-0.15, -0.1) is 11.3 Å². The molecule has 6 nitrogen and oxygen atoms in total. The summed E-state index contributed by atoms with van der Waals surface area (Å²) in [4.78, 5) is 17.4. The number of rotatable bonds is 4. The van der Waals surface area contributed by atoms with E-state index in [1.54, 1.807) is 22.1 Å². The van der Waals surface area contributed by atoms with Crippen LogP contribution in [0.3, 0.4) is 0 Å². The molecule has 0 atom stereocenters. The highest BCUT2D eigenvalue weighted by Gasteiger charge is 2.13. The summed E-state index contributed by atoms with van der Waals surface area (Å²) in [6.45, 7) is 1.97. The standard InChI is InChI=1S/C14H13N5OS2/c1-9-4-2-6-15-12(9)16-11(20)8-19-13(17-18-14(19)21)10-5-3-7-22-10/h2-7H,8H2,1H3,(H,18,21)(H,15,16,20). The monoisotopic (exact) mass is 331 g/mol. The van der Waals surface area contributed by atoms with Crippen molar-refractivity contribution in [1.29, 1.82) is 0 Å². The number of thiophene rings is 1. The minimum absolute atomic E-state index is 0.0819. The van der Waals surface area contributed by atoms with E-state index in [0.717, 1.165) is 10.4 Å². The van der Waals surface area contributed by atoms with Gasteiger partial charge in [-0.2, -0.15) is 5.10 Å².